The average molecular weight is 372 g/mol. The maximum absolute atomic E-state index is 12.2. The first-order valence-electron chi connectivity index (χ1n) is 8.00. The van der Waals surface area contributed by atoms with E-state index in [9.17, 15) is 13.2 Å². The zero-order valence-electron chi connectivity index (χ0n) is 13.9. The van der Waals surface area contributed by atoms with E-state index in [2.05, 4.69) is 15.5 Å². The lowest BCUT2D eigenvalue weighted by Crippen LogP contribution is -2.35. The molecule has 8 nitrogen and oxygen atoms in total. The Hall–Kier alpha value is -2.94. The molecule has 1 aliphatic rings. The molecule has 1 aromatic carbocycles. The highest BCUT2D eigenvalue weighted by molar-refractivity contribution is 7.94. The summed E-state index contributed by atoms with van der Waals surface area (Å²) in [6.45, 7) is 2.29. The van der Waals surface area contributed by atoms with Crippen LogP contribution in [0.15, 0.2) is 46.3 Å². The van der Waals surface area contributed by atoms with E-state index in [0.29, 0.717) is 12.3 Å². The van der Waals surface area contributed by atoms with E-state index in [1.54, 1.807) is 6.07 Å². The van der Waals surface area contributed by atoms with Crippen LogP contribution in [0.3, 0.4) is 0 Å². The molecule has 0 radical (unpaired) electrons. The monoisotopic (exact) mass is 372 g/mol. The van der Waals surface area contributed by atoms with Gasteiger partial charge in [-0.15, -0.1) is 0 Å². The molecule has 0 saturated carbocycles. The summed E-state index contributed by atoms with van der Waals surface area (Å²) in [5.41, 5.74) is 1.96. The minimum Gasteiger partial charge on any atom is -0.359 e. The number of nitrogens with one attached hydrogen (secondary N) is 1. The highest BCUT2D eigenvalue weighted by Crippen LogP contribution is 2.18. The molecule has 1 unspecified atom stereocenters. The van der Waals surface area contributed by atoms with Crippen molar-refractivity contribution in [3.63, 3.8) is 0 Å². The molecule has 1 amide bonds. The van der Waals surface area contributed by atoms with Crippen molar-refractivity contribution in [2.24, 2.45) is 0 Å². The number of fused-ring (bicyclic) bond motifs is 1. The molecule has 0 spiro atoms. The minimum atomic E-state index is -3.23. The van der Waals surface area contributed by atoms with Crippen molar-refractivity contribution in [3.05, 3.63) is 59.1 Å². The second kappa shape index (κ2) is 6.10. The van der Waals surface area contributed by atoms with Crippen LogP contribution in [0.5, 0.6) is 0 Å². The largest absolute Gasteiger partial charge is 0.359 e. The van der Waals surface area contributed by atoms with Crippen LogP contribution in [0, 0.1) is 6.92 Å². The Bertz CT molecular complexity index is 1130. The number of amides is 1. The fourth-order valence-corrected chi connectivity index (χ4v) is 4.19. The molecule has 0 fully saturated rings. The Morgan fingerprint density at radius 1 is 1.38 bits per heavy atom. The Labute approximate surface area is 149 Å². The molecule has 134 valence electrons. The van der Waals surface area contributed by atoms with Gasteiger partial charge in [-0.05, 0) is 25.1 Å². The highest BCUT2D eigenvalue weighted by atomic mass is 32.2. The molecule has 1 aliphatic heterocycles. The van der Waals surface area contributed by atoms with Crippen molar-refractivity contribution in [1.29, 1.82) is 0 Å². The molecule has 26 heavy (non-hydrogen) atoms. The fourth-order valence-electron chi connectivity index (χ4n) is 2.95. The average Bonchev–Trinajstić information content (AvgIpc) is 3.27. The molecule has 2 aromatic heterocycles. The van der Waals surface area contributed by atoms with Crippen molar-refractivity contribution < 1.29 is 17.7 Å². The smallest absolute Gasteiger partial charge is 0.273 e. The van der Waals surface area contributed by atoms with Gasteiger partial charge in [-0.2, -0.15) is 0 Å². The van der Waals surface area contributed by atoms with Gasteiger partial charge in [0.2, 0.25) is 0 Å². The van der Waals surface area contributed by atoms with Crippen molar-refractivity contribution in [1.82, 2.24) is 20.0 Å². The quantitative estimate of drug-likeness (QED) is 0.742. The SMILES string of the molecule is Cc1nc2ccccc2n1Cc1cc(C(=O)NC2C=CS(=O)(=O)C2)no1. The van der Waals surface area contributed by atoms with E-state index in [0.717, 1.165) is 22.3 Å². The molecule has 3 aromatic rings. The maximum Gasteiger partial charge on any atom is 0.273 e. The molecular weight excluding hydrogens is 356 g/mol. The predicted molar refractivity (Wildman–Crippen MR) is 94.3 cm³/mol. The van der Waals surface area contributed by atoms with Gasteiger partial charge in [-0.3, -0.25) is 4.79 Å². The Morgan fingerprint density at radius 3 is 2.96 bits per heavy atom. The normalized spacial score (nSPS) is 18.4. The molecule has 3 heterocycles. The predicted octanol–water partition coefficient (Wildman–Crippen LogP) is 1.42. The number of hydrogen-bond donors (Lipinski definition) is 1. The van der Waals surface area contributed by atoms with Gasteiger partial charge in [-0.1, -0.05) is 17.3 Å². The Balaban J connectivity index is 1.50. The summed E-state index contributed by atoms with van der Waals surface area (Å²) in [5.74, 6) is 0.730. The number of aryl methyl sites for hydroxylation is 1. The van der Waals surface area contributed by atoms with Gasteiger partial charge in [0.1, 0.15) is 5.82 Å². The summed E-state index contributed by atoms with van der Waals surface area (Å²) >= 11 is 0. The van der Waals surface area contributed by atoms with Crippen molar-refractivity contribution in [2.45, 2.75) is 19.5 Å². The van der Waals surface area contributed by atoms with Gasteiger partial charge in [0.05, 0.1) is 29.4 Å². The number of benzene rings is 1. The summed E-state index contributed by atoms with van der Waals surface area (Å²) in [6, 6.07) is 8.76. The lowest BCUT2D eigenvalue weighted by Gasteiger charge is -2.07. The van der Waals surface area contributed by atoms with Gasteiger partial charge in [-0.25, -0.2) is 13.4 Å². The molecule has 0 bridgehead atoms. The summed E-state index contributed by atoms with van der Waals surface area (Å²) in [5, 5.41) is 7.52. The van der Waals surface area contributed by atoms with Gasteiger partial charge in [0.25, 0.3) is 5.91 Å². The number of carbonyl (C=O) groups is 1. The second-order valence-electron chi connectivity index (χ2n) is 6.15. The van der Waals surface area contributed by atoms with E-state index in [-0.39, 0.29) is 11.4 Å². The number of imidazole rings is 1. The summed E-state index contributed by atoms with van der Waals surface area (Å²) in [6.07, 6.45) is 1.45. The van der Waals surface area contributed by atoms with Crippen molar-refractivity contribution >= 4 is 26.8 Å². The zero-order valence-corrected chi connectivity index (χ0v) is 14.7. The molecule has 1 N–H and O–H groups in total. The van der Waals surface area contributed by atoms with Crippen LogP contribution in [-0.2, 0) is 16.4 Å². The first-order valence-corrected chi connectivity index (χ1v) is 9.72. The van der Waals surface area contributed by atoms with E-state index in [4.69, 9.17) is 4.52 Å². The van der Waals surface area contributed by atoms with Gasteiger partial charge >= 0.3 is 0 Å². The summed E-state index contributed by atoms with van der Waals surface area (Å²) in [7, 11) is -3.23. The highest BCUT2D eigenvalue weighted by Gasteiger charge is 2.24. The molecular formula is C17H16N4O4S. The Kier molecular flexibility index (Phi) is 3.87. The lowest BCUT2D eigenvalue weighted by molar-refractivity contribution is 0.0938. The molecule has 9 heteroatoms. The number of para-hydroxylation sites is 2. The number of sulfone groups is 1. The van der Waals surface area contributed by atoms with E-state index in [1.807, 2.05) is 35.8 Å². The Morgan fingerprint density at radius 2 is 2.19 bits per heavy atom. The standard InChI is InChI=1S/C17H16N4O4S/c1-11-18-14-4-2-3-5-16(14)21(11)9-13-8-15(20-25-13)17(22)19-12-6-7-26(23,24)10-12/h2-8,12H,9-10H2,1H3,(H,19,22). The van der Waals surface area contributed by atoms with E-state index < -0.39 is 21.8 Å². The molecule has 1 atom stereocenters. The second-order valence-corrected chi connectivity index (χ2v) is 8.08. The van der Waals surface area contributed by atoms with Crippen LogP contribution in [0.25, 0.3) is 11.0 Å². The van der Waals surface area contributed by atoms with Gasteiger partial charge < -0.3 is 14.4 Å². The number of aromatic nitrogens is 3. The third kappa shape index (κ3) is 3.13. The maximum atomic E-state index is 12.2. The summed E-state index contributed by atoms with van der Waals surface area (Å²) in [4.78, 5) is 16.7. The fraction of sp³-hybridized carbons (Fsp3) is 0.235. The van der Waals surface area contributed by atoms with Crippen molar-refractivity contribution in [2.75, 3.05) is 5.75 Å². The van der Waals surface area contributed by atoms with Crippen LogP contribution >= 0.6 is 0 Å². The van der Waals surface area contributed by atoms with E-state index in [1.165, 1.54) is 6.08 Å². The first-order chi connectivity index (χ1) is 12.4. The van der Waals surface area contributed by atoms with E-state index >= 15 is 0 Å². The number of nitrogens with zero attached hydrogens (tertiary/aromatic N) is 3. The topological polar surface area (TPSA) is 107 Å². The number of rotatable bonds is 4. The molecule has 0 aliphatic carbocycles. The van der Waals surface area contributed by atoms with Crippen LogP contribution in [0.2, 0.25) is 0 Å². The first kappa shape index (κ1) is 16.5. The van der Waals surface area contributed by atoms with Crippen LogP contribution in [0.4, 0.5) is 0 Å². The van der Waals surface area contributed by atoms with Gasteiger partial charge in [0, 0.05) is 11.5 Å². The number of hydrogen-bond acceptors (Lipinski definition) is 6. The van der Waals surface area contributed by atoms with Crippen molar-refractivity contribution in [3.8, 4) is 0 Å². The lowest BCUT2D eigenvalue weighted by atomic mass is 10.3. The van der Waals surface area contributed by atoms with Crippen LogP contribution in [0.1, 0.15) is 22.1 Å². The van der Waals surface area contributed by atoms with Crippen LogP contribution in [-0.4, -0.2) is 40.8 Å². The molecule has 4 rings (SSSR count). The zero-order chi connectivity index (χ0) is 18.3. The third-order valence-electron chi connectivity index (χ3n) is 4.20. The summed E-state index contributed by atoms with van der Waals surface area (Å²) < 4.78 is 30.0. The minimum absolute atomic E-state index is 0.111. The van der Waals surface area contributed by atoms with Crippen LogP contribution < -0.4 is 5.32 Å². The number of carbonyl (C=O) groups excluding carboxylic acids is 1. The molecule has 0 saturated heterocycles. The van der Waals surface area contributed by atoms with Gasteiger partial charge in [0.15, 0.2) is 21.3 Å². The third-order valence-corrected chi connectivity index (χ3v) is 5.59.